The summed E-state index contributed by atoms with van der Waals surface area (Å²) in [6.07, 6.45) is 0.404. The second kappa shape index (κ2) is 5.08. The van der Waals surface area contributed by atoms with Gasteiger partial charge < -0.3 is 0 Å². The molecule has 96 valence electrons. The fourth-order valence-electron chi connectivity index (χ4n) is 1.73. The lowest BCUT2D eigenvalue weighted by atomic mass is 10.2. The number of aryl methyl sites for hydroxylation is 1. The monoisotopic (exact) mass is 276 g/mol. The third-order valence-electron chi connectivity index (χ3n) is 2.61. The molecule has 0 unspecified atom stereocenters. The maximum absolute atomic E-state index is 11.0. The Morgan fingerprint density at radius 1 is 1.58 bits per heavy atom. The molecule has 0 atom stereocenters. The van der Waals surface area contributed by atoms with Gasteiger partial charge in [-0.05, 0) is 24.6 Å². The van der Waals surface area contributed by atoms with Crippen molar-refractivity contribution in [1.29, 1.82) is 5.26 Å². The van der Waals surface area contributed by atoms with Crippen molar-refractivity contribution in [3.05, 3.63) is 50.8 Å². The summed E-state index contributed by atoms with van der Waals surface area (Å²) in [6.45, 7) is 1.77. The zero-order valence-electron chi connectivity index (χ0n) is 10.00. The number of nitriles is 1. The van der Waals surface area contributed by atoms with Crippen molar-refractivity contribution >= 4 is 17.3 Å². The normalized spacial score (nSPS) is 10.2. The van der Waals surface area contributed by atoms with Crippen LogP contribution in [0.3, 0.4) is 0 Å². The van der Waals surface area contributed by atoms with Crippen LogP contribution in [0.1, 0.15) is 18.2 Å². The molecule has 1 aromatic carbocycles. The summed E-state index contributed by atoms with van der Waals surface area (Å²) in [6, 6.07) is 8.56. The molecule has 0 aliphatic carbocycles. The Morgan fingerprint density at radius 3 is 2.84 bits per heavy atom. The topological polar surface area (TPSA) is 84.8 Å². The van der Waals surface area contributed by atoms with Gasteiger partial charge in [0.15, 0.2) is 0 Å². The van der Waals surface area contributed by atoms with E-state index in [1.165, 1.54) is 4.68 Å². The number of nitro groups is 1. The molecule has 7 heteroatoms. The van der Waals surface area contributed by atoms with E-state index >= 15 is 0 Å². The van der Waals surface area contributed by atoms with Gasteiger partial charge in [0.05, 0.1) is 22.2 Å². The van der Waals surface area contributed by atoms with Gasteiger partial charge in [0.2, 0.25) is 5.15 Å². The zero-order valence-corrected chi connectivity index (χ0v) is 10.8. The van der Waals surface area contributed by atoms with E-state index in [4.69, 9.17) is 16.9 Å². The molecule has 0 aliphatic heterocycles. The van der Waals surface area contributed by atoms with Gasteiger partial charge in [-0.1, -0.05) is 24.6 Å². The number of halogens is 1. The minimum absolute atomic E-state index is 0.0584. The molecule has 2 aromatic rings. The number of hydrogen-bond donors (Lipinski definition) is 0. The van der Waals surface area contributed by atoms with E-state index in [1.54, 1.807) is 31.2 Å². The molecule has 0 radical (unpaired) electrons. The summed E-state index contributed by atoms with van der Waals surface area (Å²) >= 11 is 6.01. The minimum Gasteiger partial charge on any atom is -0.258 e. The zero-order chi connectivity index (χ0) is 14.0. The first-order valence-electron chi connectivity index (χ1n) is 5.50. The van der Waals surface area contributed by atoms with Gasteiger partial charge >= 0.3 is 5.69 Å². The molecule has 0 fully saturated rings. The van der Waals surface area contributed by atoms with E-state index in [1.807, 2.05) is 6.07 Å². The Hall–Kier alpha value is -2.39. The lowest BCUT2D eigenvalue weighted by Gasteiger charge is -2.01. The van der Waals surface area contributed by atoms with Crippen molar-refractivity contribution in [3.8, 4) is 11.8 Å². The quantitative estimate of drug-likeness (QED) is 0.637. The standard InChI is InChI=1S/C12H9ClN4O2/c1-2-10-11(17(18)19)12(13)16(15-10)9-5-3-4-8(6-9)7-14/h3-6H,2H2,1H3. The van der Waals surface area contributed by atoms with Crippen LogP contribution in [-0.4, -0.2) is 14.7 Å². The van der Waals surface area contributed by atoms with Gasteiger partial charge in [0, 0.05) is 0 Å². The van der Waals surface area contributed by atoms with E-state index in [0.29, 0.717) is 23.4 Å². The molecule has 2 rings (SSSR count). The molecule has 0 spiro atoms. The second-order valence-electron chi connectivity index (χ2n) is 3.77. The van der Waals surface area contributed by atoms with Gasteiger partial charge in [-0.2, -0.15) is 10.4 Å². The number of nitrogens with zero attached hydrogens (tertiary/aromatic N) is 4. The molecular formula is C12H9ClN4O2. The summed E-state index contributed by atoms with van der Waals surface area (Å²) in [7, 11) is 0. The molecule has 19 heavy (non-hydrogen) atoms. The molecule has 1 aromatic heterocycles. The highest BCUT2D eigenvalue weighted by Crippen LogP contribution is 2.31. The summed E-state index contributed by atoms with van der Waals surface area (Å²) < 4.78 is 1.28. The Balaban J connectivity index is 2.63. The summed E-state index contributed by atoms with van der Waals surface area (Å²) in [5.41, 5.74) is 1.08. The lowest BCUT2D eigenvalue weighted by Crippen LogP contribution is -1.97. The number of aromatic nitrogens is 2. The van der Waals surface area contributed by atoms with Gasteiger partial charge in [0.25, 0.3) is 0 Å². The smallest absolute Gasteiger partial charge is 0.258 e. The largest absolute Gasteiger partial charge is 0.329 e. The fraction of sp³-hybridized carbons (Fsp3) is 0.167. The maximum Gasteiger partial charge on any atom is 0.329 e. The SMILES string of the molecule is CCc1nn(-c2cccc(C#N)c2)c(Cl)c1[N+](=O)[O-]. The summed E-state index contributed by atoms with van der Waals surface area (Å²) in [4.78, 5) is 10.4. The summed E-state index contributed by atoms with van der Waals surface area (Å²) in [5, 5.41) is 23.9. The van der Waals surface area contributed by atoms with Crippen LogP contribution in [0.4, 0.5) is 5.69 Å². The van der Waals surface area contributed by atoms with Crippen LogP contribution in [0.25, 0.3) is 5.69 Å². The maximum atomic E-state index is 11.0. The number of hydrogen-bond acceptors (Lipinski definition) is 4. The average molecular weight is 277 g/mol. The van der Waals surface area contributed by atoms with Crippen LogP contribution in [0, 0.1) is 21.4 Å². The van der Waals surface area contributed by atoms with Crippen LogP contribution in [-0.2, 0) is 6.42 Å². The van der Waals surface area contributed by atoms with Crippen LogP contribution in [0.5, 0.6) is 0 Å². The highest BCUT2D eigenvalue weighted by atomic mass is 35.5. The number of rotatable bonds is 3. The number of benzene rings is 1. The molecule has 0 bridgehead atoms. The Bertz CT molecular complexity index is 688. The van der Waals surface area contributed by atoms with Gasteiger partial charge in [-0.25, -0.2) is 4.68 Å². The molecule has 1 heterocycles. The lowest BCUT2D eigenvalue weighted by molar-refractivity contribution is -0.385. The Labute approximate surface area is 114 Å². The fourth-order valence-corrected chi connectivity index (χ4v) is 2.04. The second-order valence-corrected chi connectivity index (χ2v) is 4.13. The molecule has 0 amide bonds. The molecule has 0 saturated carbocycles. The third kappa shape index (κ3) is 2.28. The Kier molecular flexibility index (Phi) is 3.49. The van der Waals surface area contributed by atoms with Crippen LogP contribution < -0.4 is 0 Å². The van der Waals surface area contributed by atoms with Crippen LogP contribution in [0.15, 0.2) is 24.3 Å². The van der Waals surface area contributed by atoms with E-state index in [-0.39, 0.29) is 10.8 Å². The van der Waals surface area contributed by atoms with Crippen LogP contribution in [0.2, 0.25) is 5.15 Å². The summed E-state index contributed by atoms with van der Waals surface area (Å²) in [5.74, 6) is 0. The third-order valence-corrected chi connectivity index (χ3v) is 2.95. The van der Waals surface area contributed by atoms with Gasteiger partial charge in [0.1, 0.15) is 5.69 Å². The predicted molar refractivity (Wildman–Crippen MR) is 69.3 cm³/mol. The van der Waals surface area contributed by atoms with E-state index in [9.17, 15) is 10.1 Å². The van der Waals surface area contributed by atoms with Crippen molar-refractivity contribution in [2.24, 2.45) is 0 Å². The first-order chi connectivity index (χ1) is 9.08. The van der Waals surface area contributed by atoms with Gasteiger partial charge in [-0.3, -0.25) is 10.1 Å². The molecule has 0 aliphatic rings. The first kappa shape index (κ1) is 13.1. The van der Waals surface area contributed by atoms with E-state index in [2.05, 4.69) is 5.10 Å². The minimum atomic E-state index is -0.543. The van der Waals surface area contributed by atoms with Crippen molar-refractivity contribution < 1.29 is 4.92 Å². The highest BCUT2D eigenvalue weighted by Gasteiger charge is 2.26. The van der Waals surface area contributed by atoms with Crippen molar-refractivity contribution in [1.82, 2.24) is 9.78 Å². The first-order valence-corrected chi connectivity index (χ1v) is 5.88. The predicted octanol–water partition coefficient (Wildman–Crippen LogP) is 2.87. The molecular weight excluding hydrogens is 268 g/mol. The Morgan fingerprint density at radius 2 is 2.32 bits per heavy atom. The van der Waals surface area contributed by atoms with Crippen LogP contribution >= 0.6 is 11.6 Å². The van der Waals surface area contributed by atoms with E-state index < -0.39 is 4.92 Å². The highest BCUT2D eigenvalue weighted by molar-refractivity contribution is 6.32. The average Bonchev–Trinajstić information content (AvgIpc) is 2.75. The molecule has 0 saturated heterocycles. The molecule has 0 N–H and O–H groups in total. The van der Waals surface area contributed by atoms with Gasteiger partial charge in [-0.15, -0.1) is 0 Å². The van der Waals surface area contributed by atoms with Crippen molar-refractivity contribution in [3.63, 3.8) is 0 Å². The van der Waals surface area contributed by atoms with Crippen molar-refractivity contribution in [2.45, 2.75) is 13.3 Å². The molecule has 6 nitrogen and oxygen atoms in total. The van der Waals surface area contributed by atoms with E-state index in [0.717, 1.165) is 0 Å². The van der Waals surface area contributed by atoms with Crippen molar-refractivity contribution in [2.75, 3.05) is 0 Å².